The molecular formula is C21H21BrO3. The highest BCUT2D eigenvalue weighted by Gasteiger charge is 2.21. The summed E-state index contributed by atoms with van der Waals surface area (Å²) in [6.45, 7) is 2.14. The van der Waals surface area contributed by atoms with Crippen molar-refractivity contribution in [3.8, 4) is 5.75 Å². The predicted molar refractivity (Wildman–Crippen MR) is 104 cm³/mol. The molecular weight excluding hydrogens is 380 g/mol. The average molecular weight is 401 g/mol. The molecule has 0 saturated heterocycles. The molecule has 0 spiro atoms. The fourth-order valence-corrected chi connectivity index (χ4v) is 3.32. The zero-order chi connectivity index (χ0) is 17.8. The van der Waals surface area contributed by atoms with Crippen LogP contribution in [0.25, 0.3) is 11.0 Å². The summed E-state index contributed by atoms with van der Waals surface area (Å²) in [6, 6.07) is 13.4. The molecule has 0 saturated carbocycles. The highest BCUT2D eigenvalue weighted by atomic mass is 79.9. The number of unbranched alkanes of at least 4 members (excludes halogenated alkanes) is 1. The minimum atomic E-state index is 0.0909. The largest absolute Gasteiger partial charge is 0.497 e. The van der Waals surface area contributed by atoms with Crippen molar-refractivity contribution in [1.29, 1.82) is 0 Å². The summed E-state index contributed by atoms with van der Waals surface area (Å²) in [7, 11) is 1.63. The van der Waals surface area contributed by atoms with Crippen LogP contribution in [0.5, 0.6) is 5.75 Å². The molecule has 0 bridgehead atoms. The standard InChI is InChI=1S/C21H21BrO3/c1-3-4-5-20-21(17-13-15(22)8-11-19(17)25-20)18(23)12-14-6-9-16(24-2)10-7-14/h6-11,13H,3-5,12H2,1-2H3. The van der Waals surface area contributed by atoms with Gasteiger partial charge in [-0.1, -0.05) is 41.4 Å². The maximum Gasteiger partial charge on any atom is 0.171 e. The van der Waals surface area contributed by atoms with E-state index >= 15 is 0 Å². The Hall–Kier alpha value is -2.07. The summed E-state index contributed by atoms with van der Waals surface area (Å²) in [6.07, 6.45) is 3.20. The van der Waals surface area contributed by atoms with E-state index in [1.807, 2.05) is 42.5 Å². The van der Waals surface area contributed by atoms with Gasteiger partial charge in [0.15, 0.2) is 5.78 Å². The molecule has 3 aromatic rings. The van der Waals surface area contributed by atoms with Crippen LogP contribution in [0.2, 0.25) is 0 Å². The summed E-state index contributed by atoms with van der Waals surface area (Å²) in [5.74, 6) is 1.68. The topological polar surface area (TPSA) is 39.4 Å². The third-order valence-electron chi connectivity index (χ3n) is 4.28. The van der Waals surface area contributed by atoms with Crippen LogP contribution in [0.15, 0.2) is 51.4 Å². The van der Waals surface area contributed by atoms with Gasteiger partial charge in [0.25, 0.3) is 0 Å². The number of Topliss-reactive ketones (excluding diaryl/α,β-unsaturated/α-hetero) is 1. The molecule has 25 heavy (non-hydrogen) atoms. The SMILES string of the molecule is CCCCc1oc2ccc(Br)cc2c1C(=O)Cc1ccc(OC)cc1. The second-order valence-corrected chi connectivity index (χ2v) is 7.01. The lowest BCUT2D eigenvalue weighted by molar-refractivity contribution is 0.0992. The zero-order valence-electron chi connectivity index (χ0n) is 14.5. The van der Waals surface area contributed by atoms with Gasteiger partial charge in [0, 0.05) is 22.7 Å². The summed E-state index contributed by atoms with van der Waals surface area (Å²) < 4.78 is 12.1. The number of ether oxygens (including phenoxy) is 1. The Morgan fingerprint density at radius 3 is 2.60 bits per heavy atom. The third-order valence-corrected chi connectivity index (χ3v) is 4.78. The summed E-state index contributed by atoms with van der Waals surface area (Å²) in [5, 5.41) is 0.888. The first-order valence-corrected chi connectivity index (χ1v) is 9.28. The molecule has 2 aromatic carbocycles. The summed E-state index contributed by atoms with van der Waals surface area (Å²) >= 11 is 3.49. The van der Waals surface area contributed by atoms with Crippen molar-refractivity contribution in [1.82, 2.24) is 0 Å². The first-order valence-electron chi connectivity index (χ1n) is 8.49. The number of hydrogen-bond acceptors (Lipinski definition) is 3. The lowest BCUT2D eigenvalue weighted by Gasteiger charge is -2.05. The van der Waals surface area contributed by atoms with Gasteiger partial charge in [-0.2, -0.15) is 0 Å². The molecule has 130 valence electrons. The van der Waals surface area contributed by atoms with Crippen LogP contribution in [0.3, 0.4) is 0 Å². The highest BCUT2D eigenvalue weighted by molar-refractivity contribution is 9.10. The first kappa shape index (κ1) is 17.7. The van der Waals surface area contributed by atoms with E-state index in [4.69, 9.17) is 9.15 Å². The van der Waals surface area contributed by atoms with Crippen LogP contribution in [0, 0.1) is 0 Å². The fraction of sp³-hybridized carbons (Fsp3) is 0.286. The normalized spacial score (nSPS) is 11.0. The van der Waals surface area contributed by atoms with E-state index in [0.29, 0.717) is 6.42 Å². The molecule has 0 aliphatic carbocycles. The number of halogens is 1. The number of carbonyl (C=O) groups excluding carboxylic acids is 1. The van der Waals surface area contributed by atoms with E-state index in [1.54, 1.807) is 7.11 Å². The van der Waals surface area contributed by atoms with Gasteiger partial charge < -0.3 is 9.15 Å². The van der Waals surface area contributed by atoms with E-state index in [-0.39, 0.29) is 5.78 Å². The van der Waals surface area contributed by atoms with E-state index < -0.39 is 0 Å². The monoisotopic (exact) mass is 400 g/mol. The molecule has 0 radical (unpaired) electrons. The van der Waals surface area contributed by atoms with Gasteiger partial charge in [0.1, 0.15) is 17.1 Å². The number of ketones is 1. The van der Waals surface area contributed by atoms with Crippen molar-refractivity contribution in [2.24, 2.45) is 0 Å². The number of rotatable bonds is 7. The van der Waals surface area contributed by atoms with Crippen LogP contribution >= 0.6 is 15.9 Å². The molecule has 1 aromatic heterocycles. The molecule has 4 heteroatoms. The molecule has 0 unspecified atom stereocenters. The zero-order valence-corrected chi connectivity index (χ0v) is 16.1. The predicted octanol–water partition coefficient (Wildman–Crippen LogP) is 5.97. The Kier molecular flexibility index (Phi) is 5.59. The van der Waals surface area contributed by atoms with Gasteiger partial charge in [0.05, 0.1) is 12.7 Å². The lowest BCUT2D eigenvalue weighted by Crippen LogP contribution is -2.06. The number of fused-ring (bicyclic) bond motifs is 1. The molecule has 0 aliphatic heterocycles. The number of hydrogen-bond donors (Lipinski definition) is 0. The van der Waals surface area contributed by atoms with E-state index in [0.717, 1.165) is 57.3 Å². The van der Waals surface area contributed by atoms with E-state index in [9.17, 15) is 4.79 Å². The Bertz CT molecular complexity index is 878. The second-order valence-electron chi connectivity index (χ2n) is 6.09. The number of methoxy groups -OCH3 is 1. The van der Waals surface area contributed by atoms with Gasteiger partial charge in [-0.05, 0) is 42.3 Å². The van der Waals surface area contributed by atoms with Crippen molar-refractivity contribution in [2.75, 3.05) is 7.11 Å². The summed E-state index contributed by atoms with van der Waals surface area (Å²) in [4.78, 5) is 13.0. The maximum atomic E-state index is 13.0. The Balaban J connectivity index is 1.96. The fourth-order valence-electron chi connectivity index (χ4n) is 2.96. The lowest BCUT2D eigenvalue weighted by atomic mass is 9.98. The minimum absolute atomic E-state index is 0.0909. The number of carbonyl (C=O) groups is 1. The molecule has 0 fully saturated rings. The quantitative estimate of drug-likeness (QED) is 0.458. The Labute approximate surface area is 156 Å². The Morgan fingerprint density at radius 2 is 1.92 bits per heavy atom. The van der Waals surface area contributed by atoms with Gasteiger partial charge in [-0.3, -0.25) is 4.79 Å². The van der Waals surface area contributed by atoms with Crippen molar-refractivity contribution in [2.45, 2.75) is 32.6 Å². The van der Waals surface area contributed by atoms with Gasteiger partial charge in [-0.15, -0.1) is 0 Å². The molecule has 0 N–H and O–H groups in total. The smallest absolute Gasteiger partial charge is 0.171 e. The van der Waals surface area contributed by atoms with Gasteiger partial charge in [0.2, 0.25) is 0 Å². The van der Waals surface area contributed by atoms with Gasteiger partial charge in [-0.25, -0.2) is 0 Å². The number of aryl methyl sites for hydroxylation is 1. The first-order chi connectivity index (χ1) is 12.1. The Morgan fingerprint density at radius 1 is 1.16 bits per heavy atom. The van der Waals surface area contributed by atoms with Crippen LogP contribution in [0.1, 0.15) is 41.4 Å². The summed E-state index contributed by atoms with van der Waals surface area (Å²) in [5.41, 5.74) is 2.46. The van der Waals surface area contributed by atoms with Gasteiger partial charge >= 0.3 is 0 Å². The highest BCUT2D eigenvalue weighted by Crippen LogP contribution is 2.31. The molecule has 3 nitrogen and oxygen atoms in total. The van der Waals surface area contributed by atoms with Crippen molar-refractivity contribution in [3.05, 3.63) is 63.8 Å². The van der Waals surface area contributed by atoms with Crippen molar-refractivity contribution >= 4 is 32.7 Å². The van der Waals surface area contributed by atoms with Crippen LogP contribution in [-0.4, -0.2) is 12.9 Å². The molecule has 3 rings (SSSR count). The van der Waals surface area contributed by atoms with Crippen LogP contribution < -0.4 is 4.74 Å². The van der Waals surface area contributed by atoms with Crippen molar-refractivity contribution in [3.63, 3.8) is 0 Å². The minimum Gasteiger partial charge on any atom is -0.497 e. The van der Waals surface area contributed by atoms with E-state index in [2.05, 4.69) is 22.9 Å². The molecule has 1 heterocycles. The maximum absolute atomic E-state index is 13.0. The van der Waals surface area contributed by atoms with Crippen LogP contribution in [0.4, 0.5) is 0 Å². The number of furan rings is 1. The molecule has 0 amide bonds. The number of benzene rings is 2. The van der Waals surface area contributed by atoms with E-state index in [1.165, 1.54) is 0 Å². The molecule has 0 aliphatic rings. The molecule has 0 atom stereocenters. The second kappa shape index (κ2) is 7.87. The van der Waals surface area contributed by atoms with Crippen molar-refractivity contribution < 1.29 is 13.9 Å². The average Bonchev–Trinajstić information content (AvgIpc) is 2.98. The van der Waals surface area contributed by atoms with Crippen LogP contribution in [-0.2, 0) is 12.8 Å². The third kappa shape index (κ3) is 3.96.